The second kappa shape index (κ2) is 8.03. The molecule has 3 heterocycles. The zero-order chi connectivity index (χ0) is 20.4. The molecule has 0 radical (unpaired) electrons. The quantitative estimate of drug-likeness (QED) is 0.437. The van der Waals surface area contributed by atoms with E-state index in [9.17, 15) is 18.5 Å². The van der Waals surface area contributed by atoms with E-state index in [0.717, 1.165) is 11.3 Å². The second-order valence-corrected chi connectivity index (χ2v) is 9.33. The van der Waals surface area contributed by atoms with Crippen LogP contribution in [0.3, 0.4) is 0 Å². The van der Waals surface area contributed by atoms with Crippen molar-refractivity contribution in [3.63, 3.8) is 0 Å². The van der Waals surface area contributed by atoms with Crippen LogP contribution in [-0.2, 0) is 16.7 Å². The van der Waals surface area contributed by atoms with Crippen LogP contribution in [0.4, 0.5) is 5.69 Å². The zero-order valence-electron chi connectivity index (χ0n) is 15.4. The van der Waals surface area contributed by atoms with E-state index in [1.165, 1.54) is 28.6 Å². The summed E-state index contributed by atoms with van der Waals surface area (Å²) in [4.78, 5) is 12.4. The van der Waals surface area contributed by atoms with E-state index in [2.05, 4.69) is 10.00 Å². The van der Waals surface area contributed by atoms with Gasteiger partial charge in [0.05, 0.1) is 17.3 Å². The van der Waals surface area contributed by atoms with Gasteiger partial charge in [-0.3, -0.25) is 19.7 Å². The van der Waals surface area contributed by atoms with Gasteiger partial charge >= 0.3 is 0 Å². The summed E-state index contributed by atoms with van der Waals surface area (Å²) in [5, 5.41) is 19.8. The zero-order valence-corrected chi connectivity index (χ0v) is 17.1. The van der Waals surface area contributed by atoms with Gasteiger partial charge in [-0.05, 0) is 23.6 Å². The van der Waals surface area contributed by atoms with Gasteiger partial charge in [-0.25, -0.2) is 8.42 Å². The molecule has 0 saturated carbocycles. The molecule has 11 heteroatoms. The predicted octanol–water partition coefficient (Wildman–Crippen LogP) is 2.48. The maximum absolute atomic E-state index is 12.9. The first-order valence-electron chi connectivity index (χ1n) is 8.97. The lowest BCUT2D eigenvalue weighted by Gasteiger charge is -2.33. The SMILES string of the molecule is O=[N+]([O-])c1ccccc1S(=O)(=O)N1CCN(Cn2ccc(-c3ccsc3)n2)CC1. The maximum atomic E-state index is 12.9. The summed E-state index contributed by atoms with van der Waals surface area (Å²) in [7, 11) is -3.92. The first-order chi connectivity index (χ1) is 13.9. The highest BCUT2D eigenvalue weighted by Crippen LogP contribution is 2.27. The first-order valence-corrected chi connectivity index (χ1v) is 11.4. The van der Waals surface area contributed by atoms with Gasteiger partial charge in [0.1, 0.15) is 0 Å². The van der Waals surface area contributed by atoms with Crippen molar-refractivity contribution in [1.29, 1.82) is 0 Å². The Balaban J connectivity index is 1.41. The van der Waals surface area contributed by atoms with Crippen LogP contribution in [-0.4, -0.2) is 58.5 Å². The Kier molecular flexibility index (Phi) is 5.46. The number of para-hydroxylation sites is 1. The van der Waals surface area contributed by atoms with Crippen LogP contribution in [0, 0.1) is 10.1 Å². The highest BCUT2D eigenvalue weighted by Gasteiger charge is 2.33. The summed E-state index contributed by atoms with van der Waals surface area (Å²) in [5.74, 6) is 0. The van der Waals surface area contributed by atoms with Crippen molar-refractivity contribution in [2.24, 2.45) is 0 Å². The van der Waals surface area contributed by atoms with E-state index >= 15 is 0 Å². The fraction of sp³-hybridized carbons (Fsp3) is 0.278. The second-order valence-electron chi connectivity index (χ2n) is 6.64. The molecule has 1 aliphatic rings. The number of hydrogen-bond donors (Lipinski definition) is 0. The minimum Gasteiger partial charge on any atom is -0.282 e. The fourth-order valence-corrected chi connectivity index (χ4v) is 5.52. The molecule has 0 N–H and O–H groups in total. The average Bonchev–Trinajstić information content (AvgIpc) is 3.40. The van der Waals surface area contributed by atoms with Gasteiger partial charge in [-0.1, -0.05) is 12.1 Å². The fourth-order valence-electron chi connectivity index (χ4n) is 3.29. The van der Waals surface area contributed by atoms with Crippen molar-refractivity contribution in [2.75, 3.05) is 26.2 Å². The number of nitrogens with zero attached hydrogens (tertiary/aromatic N) is 5. The van der Waals surface area contributed by atoms with Crippen molar-refractivity contribution in [2.45, 2.75) is 11.6 Å². The summed E-state index contributed by atoms with van der Waals surface area (Å²) in [6.45, 7) is 2.14. The highest BCUT2D eigenvalue weighted by molar-refractivity contribution is 7.89. The summed E-state index contributed by atoms with van der Waals surface area (Å²) >= 11 is 1.62. The Morgan fingerprint density at radius 2 is 1.86 bits per heavy atom. The van der Waals surface area contributed by atoms with E-state index in [1.807, 2.05) is 33.8 Å². The smallest absolute Gasteiger partial charge is 0.282 e. The number of hydrogen-bond acceptors (Lipinski definition) is 7. The first kappa shape index (κ1) is 19.7. The van der Waals surface area contributed by atoms with Crippen molar-refractivity contribution in [1.82, 2.24) is 19.0 Å². The summed E-state index contributed by atoms with van der Waals surface area (Å²) in [6, 6.07) is 9.44. The number of aromatic nitrogens is 2. The van der Waals surface area contributed by atoms with E-state index in [0.29, 0.717) is 19.8 Å². The third-order valence-electron chi connectivity index (χ3n) is 4.81. The molecule has 2 aromatic heterocycles. The minimum absolute atomic E-state index is 0.258. The van der Waals surface area contributed by atoms with Crippen LogP contribution >= 0.6 is 11.3 Å². The molecule has 1 saturated heterocycles. The number of rotatable bonds is 6. The monoisotopic (exact) mass is 433 g/mol. The third kappa shape index (κ3) is 4.08. The predicted molar refractivity (Wildman–Crippen MR) is 109 cm³/mol. The molecule has 3 aromatic rings. The van der Waals surface area contributed by atoms with Crippen molar-refractivity contribution >= 4 is 27.0 Å². The lowest BCUT2D eigenvalue weighted by Crippen LogP contribution is -2.48. The number of benzene rings is 1. The third-order valence-corrected chi connectivity index (χ3v) is 7.44. The molecular weight excluding hydrogens is 414 g/mol. The normalized spacial score (nSPS) is 16.1. The Morgan fingerprint density at radius 1 is 1.10 bits per heavy atom. The molecule has 1 aromatic carbocycles. The molecule has 152 valence electrons. The number of nitro groups is 1. The number of thiophene rings is 1. The summed E-state index contributed by atoms with van der Waals surface area (Å²) < 4.78 is 28.9. The lowest BCUT2D eigenvalue weighted by molar-refractivity contribution is -0.387. The molecule has 9 nitrogen and oxygen atoms in total. The molecule has 0 unspecified atom stereocenters. The van der Waals surface area contributed by atoms with Crippen LogP contribution in [0.25, 0.3) is 11.3 Å². The molecule has 0 aliphatic carbocycles. The van der Waals surface area contributed by atoms with Gasteiger partial charge in [0.2, 0.25) is 10.0 Å². The van der Waals surface area contributed by atoms with E-state index in [-0.39, 0.29) is 18.0 Å². The van der Waals surface area contributed by atoms with Gasteiger partial charge in [-0.2, -0.15) is 20.7 Å². The Bertz CT molecular complexity index is 1100. The van der Waals surface area contributed by atoms with Crippen molar-refractivity contribution in [3.05, 3.63) is 63.5 Å². The van der Waals surface area contributed by atoms with Crippen LogP contribution in [0.2, 0.25) is 0 Å². The number of sulfonamides is 1. The Morgan fingerprint density at radius 3 is 2.55 bits per heavy atom. The number of nitro benzene ring substituents is 1. The largest absolute Gasteiger partial charge is 0.289 e. The van der Waals surface area contributed by atoms with Gasteiger partial charge in [0, 0.05) is 49.4 Å². The molecule has 1 aliphatic heterocycles. The average molecular weight is 434 g/mol. The van der Waals surface area contributed by atoms with Gasteiger partial charge in [-0.15, -0.1) is 0 Å². The molecule has 29 heavy (non-hydrogen) atoms. The molecule has 0 bridgehead atoms. The summed E-state index contributed by atoms with van der Waals surface area (Å²) in [6.07, 6.45) is 1.91. The Hall–Kier alpha value is -2.60. The van der Waals surface area contributed by atoms with Gasteiger partial charge in [0.15, 0.2) is 4.90 Å². The molecule has 0 spiro atoms. The Labute approximate surface area is 172 Å². The van der Waals surface area contributed by atoms with Crippen LogP contribution in [0.5, 0.6) is 0 Å². The highest BCUT2D eigenvalue weighted by atomic mass is 32.2. The van der Waals surface area contributed by atoms with Crippen molar-refractivity contribution < 1.29 is 13.3 Å². The van der Waals surface area contributed by atoms with E-state index < -0.39 is 20.6 Å². The van der Waals surface area contributed by atoms with E-state index in [1.54, 1.807) is 11.3 Å². The minimum atomic E-state index is -3.92. The van der Waals surface area contributed by atoms with Crippen LogP contribution in [0.15, 0.2) is 58.3 Å². The van der Waals surface area contributed by atoms with Gasteiger partial charge < -0.3 is 0 Å². The molecule has 0 amide bonds. The molecule has 1 fully saturated rings. The standard InChI is InChI=1S/C18H19N5O4S2/c24-23(25)17-3-1-2-4-18(17)29(26,27)22-10-8-20(9-11-22)14-21-7-5-16(19-21)15-6-12-28-13-15/h1-7,12-13H,8-11,14H2. The van der Waals surface area contributed by atoms with Crippen LogP contribution < -0.4 is 0 Å². The topological polar surface area (TPSA) is 102 Å². The molecule has 0 atom stereocenters. The van der Waals surface area contributed by atoms with Crippen molar-refractivity contribution in [3.8, 4) is 11.3 Å². The summed E-state index contributed by atoms with van der Waals surface area (Å²) in [5.41, 5.74) is 1.59. The molecular formula is C18H19N5O4S2. The van der Waals surface area contributed by atoms with E-state index in [4.69, 9.17) is 0 Å². The lowest BCUT2D eigenvalue weighted by atomic mass is 10.2. The maximum Gasteiger partial charge on any atom is 0.289 e. The molecule has 4 rings (SSSR count). The van der Waals surface area contributed by atoms with Crippen LogP contribution in [0.1, 0.15) is 0 Å². The van der Waals surface area contributed by atoms with Gasteiger partial charge in [0.25, 0.3) is 5.69 Å². The number of piperazine rings is 1.